The minimum atomic E-state index is 0.386. The van der Waals surface area contributed by atoms with E-state index in [-0.39, 0.29) is 0 Å². The van der Waals surface area contributed by atoms with Crippen molar-refractivity contribution in [1.82, 2.24) is 10.3 Å². The Morgan fingerprint density at radius 2 is 2.40 bits per heavy atom. The van der Waals surface area contributed by atoms with E-state index in [9.17, 15) is 0 Å². The molecule has 15 heavy (non-hydrogen) atoms. The van der Waals surface area contributed by atoms with Crippen LogP contribution in [0.5, 0.6) is 0 Å². The van der Waals surface area contributed by atoms with Crippen molar-refractivity contribution in [3.05, 3.63) is 23.9 Å². The van der Waals surface area contributed by atoms with Crippen LogP contribution in [0.2, 0.25) is 0 Å². The lowest BCUT2D eigenvalue weighted by Gasteiger charge is -2.16. The summed E-state index contributed by atoms with van der Waals surface area (Å²) in [7, 11) is 3.66. The smallest absolute Gasteiger partial charge is 0.126 e. The van der Waals surface area contributed by atoms with Gasteiger partial charge >= 0.3 is 0 Å². The number of nitrogens with two attached hydrogens (primary N) is 1. The second-order valence-corrected chi connectivity index (χ2v) is 3.52. The molecule has 0 radical (unpaired) electrons. The van der Waals surface area contributed by atoms with Crippen LogP contribution in [0, 0.1) is 0 Å². The first-order chi connectivity index (χ1) is 7.27. The molecule has 1 unspecified atom stereocenters. The van der Waals surface area contributed by atoms with Gasteiger partial charge in [-0.05, 0) is 31.5 Å². The number of aromatic nitrogens is 1. The van der Waals surface area contributed by atoms with Gasteiger partial charge in [0.2, 0.25) is 0 Å². The summed E-state index contributed by atoms with van der Waals surface area (Å²) >= 11 is 0. The first-order valence-electron chi connectivity index (χ1n) is 5.13. The molecule has 0 spiro atoms. The third kappa shape index (κ3) is 3.85. The maximum Gasteiger partial charge on any atom is 0.126 e. The summed E-state index contributed by atoms with van der Waals surface area (Å²) in [5.41, 5.74) is 6.87. The second-order valence-electron chi connectivity index (χ2n) is 3.52. The summed E-state index contributed by atoms with van der Waals surface area (Å²) in [6, 6.07) is 4.31. The predicted octanol–water partition coefficient (Wildman–Crippen LogP) is 0.831. The lowest BCUT2D eigenvalue weighted by molar-refractivity contribution is 0.184. The van der Waals surface area contributed by atoms with Crippen LogP contribution in [0.1, 0.15) is 12.0 Å². The van der Waals surface area contributed by atoms with E-state index < -0.39 is 0 Å². The first kappa shape index (κ1) is 11.9. The zero-order valence-electron chi connectivity index (χ0n) is 9.36. The molecule has 0 saturated carbocycles. The lowest BCUT2D eigenvalue weighted by atomic mass is 10.0. The van der Waals surface area contributed by atoms with E-state index in [0.29, 0.717) is 11.9 Å². The molecule has 1 atom stereocenters. The second kappa shape index (κ2) is 6.37. The molecule has 0 aliphatic rings. The van der Waals surface area contributed by atoms with Crippen LogP contribution in [-0.4, -0.2) is 31.8 Å². The number of anilines is 1. The number of hydrogen-bond donors (Lipinski definition) is 2. The highest BCUT2D eigenvalue weighted by Crippen LogP contribution is 2.11. The Balaban J connectivity index is 2.54. The molecule has 4 nitrogen and oxygen atoms in total. The topological polar surface area (TPSA) is 60.2 Å². The number of nitrogen functional groups attached to an aromatic ring is 1. The fraction of sp³-hybridized carbons (Fsp3) is 0.545. The number of hydrogen-bond acceptors (Lipinski definition) is 4. The van der Waals surface area contributed by atoms with Gasteiger partial charge in [-0.15, -0.1) is 0 Å². The molecule has 3 N–H and O–H groups in total. The summed E-state index contributed by atoms with van der Waals surface area (Å²) in [6.45, 7) is 0.756. The number of rotatable bonds is 6. The van der Waals surface area contributed by atoms with E-state index in [2.05, 4.69) is 10.3 Å². The Morgan fingerprint density at radius 1 is 1.60 bits per heavy atom. The molecule has 0 amide bonds. The highest BCUT2D eigenvalue weighted by atomic mass is 16.5. The number of ether oxygens (including phenoxy) is 1. The monoisotopic (exact) mass is 209 g/mol. The predicted molar refractivity (Wildman–Crippen MR) is 61.7 cm³/mol. The van der Waals surface area contributed by atoms with Crippen molar-refractivity contribution in [2.45, 2.75) is 18.9 Å². The van der Waals surface area contributed by atoms with Crippen LogP contribution in [0.4, 0.5) is 5.82 Å². The summed E-state index contributed by atoms with van der Waals surface area (Å²) in [6.07, 6.45) is 3.57. The molecule has 0 fully saturated rings. The maximum atomic E-state index is 5.78. The van der Waals surface area contributed by atoms with Crippen LogP contribution in [-0.2, 0) is 11.2 Å². The minimum Gasteiger partial charge on any atom is -0.385 e. The van der Waals surface area contributed by atoms with Crippen LogP contribution in [0.15, 0.2) is 18.3 Å². The average Bonchev–Trinajstić information content (AvgIpc) is 2.26. The van der Waals surface area contributed by atoms with E-state index in [0.717, 1.165) is 25.0 Å². The Morgan fingerprint density at radius 3 is 3.00 bits per heavy atom. The van der Waals surface area contributed by atoms with Crippen molar-refractivity contribution in [2.24, 2.45) is 0 Å². The van der Waals surface area contributed by atoms with Crippen molar-refractivity contribution >= 4 is 5.82 Å². The van der Waals surface area contributed by atoms with Crippen LogP contribution in [0.25, 0.3) is 0 Å². The minimum absolute atomic E-state index is 0.386. The van der Waals surface area contributed by atoms with Gasteiger partial charge in [0, 0.05) is 26.0 Å². The largest absolute Gasteiger partial charge is 0.385 e. The molecule has 1 aromatic rings. The van der Waals surface area contributed by atoms with E-state index in [1.165, 1.54) is 0 Å². The molecule has 0 bridgehead atoms. The maximum absolute atomic E-state index is 5.78. The number of methoxy groups -OCH3 is 1. The summed E-state index contributed by atoms with van der Waals surface area (Å²) in [5.74, 6) is 0.621. The fourth-order valence-corrected chi connectivity index (χ4v) is 1.50. The Kier molecular flexibility index (Phi) is 5.07. The molecular weight excluding hydrogens is 190 g/mol. The van der Waals surface area contributed by atoms with Gasteiger partial charge in [-0.25, -0.2) is 4.98 Å². The summed E-state index contributed by atoms with van der Waals surface area (Å²) in [4.78, 5) is 4.07. The molecule has 0 aromatic carbocycles. The Labute approximate surface area is 90.8 Å². The van der Waals surface area contributed by atoms with Gasteiger partial charge in [-0.2, -0.15) is 0 Å². The van der Waals surface area contributed by atoms with Gasteiger partial charge in [-0.3, -0.25) is 0 Å². The van der Waals surface area contributed by atoms with Crippen molar-refractivity contribution in [1.29, 1.82) is 0 Å². The first-order valence-corrected chi connectivity index (χ1v) is 5.13. The van der Waals surface area contributed by atoms with E-state index in [1.54, 1.807) is 13.3 Å². The van der Waals surface area contributed by atoms with Gasteiger partial charge in [0.05, 0.1) is 0 Å². The van der Waals surface area contributed by atoms with Crippen molar-refractivity contribution in [3.8, 4) is 0 Å². The fourth-order valence-electron chi connectivity index (χ4n) is 1.50. The molecule has 1 aromatic heterocycles. The van der Waals surface area contributed by atoms with E-state index in [4.69, 9.17) is 10.5 Å². The van der Waals surface area contributed by atoms with Gasteiger partial charge < -0.3 is 15.8 Å². The van der Waals surface area contributed by atoms with Gasteiger partial charge in [0.25, 0.3) is 0 Å². The quantitative estimate of drug-likeness (QED) is 0.728. The Hall–Kier alpha value is -1.13. The van der Waals surface area contributed by atoms with Crippen LogP contribution in [0.3, 0.4) is 0 Å². The number of nitrogens with one attached hydrogen (secondary N) is 1. The third-order valence-corrected chi connectivity index (χ3v) is 2.47. The number of pyridine rings is 1. The summed E-state index contributed by atoms with van der Waals surface area (Å²) < 4.78 is 5.06. The van der Waals surface area contributed by atoms with Gasteiger partial charge in [0.15, 0.2) is 0 Å². The SMILES string of the molecule is CNC(CCOC)Cc1cccnc1N. The highest BCUT2D eigenvalue weighted by Gasteiger charge is 2.09. The molecule has 1 heterocycles. The molecule has 0 aliphatic carbocycles. The van der Waals surface area contributed by atoms with Crippen molar-refractivity contribution < 1.29 is 4.74 Å². The van der Waals surface area contributed by atoms with Crippen molar-refractivity contribution in [2.75, 3.05) is 26.5 Å². The molecule has 1 rings (SSSR count). The standard InChI is InChI=1S/C11H19N3O/c1-13-10(5-7-15-2)8-9-4-3-6-14-11(9)12/h3-4,6,10,13H,5,7-8H2,1-2H3,(H2,12,14). The zero-order valence-corrected chi connectivity index (χ0v) is 9.36. The zero-order chi connectivity index (χ0) is 11.1. The highest BCUT2D eigenvalue weighted by molar-refractivity contribution is 5.38. The van der Waals surface area contributed by atoms with Crippen LogP contribution >= 0.6 is 0 Å². The number of likely N-dealkylation sites (N-methyl/N-ethyl adjacent to an activating group) is 1. The normalized spacial score (nSPS) is 12.7. The number of nitrogens with zero attached hydrogens (tertiary/aromatic N) is 1. The van der Waals surface area contributed by atoms with Crippen LogP contribution < -0.4 is 11.1 Å². The molecule has 84 valence electrons. The molecular formula is C11H19N3O. The molecule has 0 aliphatic heterocycles. The van der Waals surface area contributed by atoms with E-state index in [1.807, 2.05) is 19.2 Å². The third-order valence-electron chi connectivity index (χ3n) is 2.47. The average molecular weight is 209 g/mol. The molecule has 0 saturated heterocycles. The molecule has 4 heteroatoms. The van der Waals surface area contributed by atoms with Crippen molar-refractivity contribution in [3.63, 3.8) is 0 Å². The Bertz CT molecular complexity index is 291. The lowest BCUT2D eigenvalue weighted by Crippen LogP contribution is -2.29. The van der Waals surface area contributed by atoms with Gasteiger partial charge in [-0.1, -0.05) is 6.07 Å². The van der Waals surface area contributed by atoms with E-state index >= 15 is 0 Å². The summed E-state index contributed by atoms with van der Waals surface area (Å²) in [5, 5.41) is 3.25. The van der Waals surface area contributed by atoms with Gasteiger partial charge in [0.1, 0.15) is 5.82 Å².